The molecule has 19 heavy (non-hydrogen) atoms. The molecule has 0 unspecified atom stereocenters. The minimum atomic E-state index is -0.545. The van der Waals surface area contributed by atoms with Crippen LogP contribution >= 0.6 is 15.9 Å². The third-order valence-corrected chi connectivity index (χ3v) is 2.72. The number of hydrogen-bond acceptors (Lipinski definition) is 4. The summed E-state index contributed by atoms with van der Waals surface area (Å²) in [5.74, 6) is 0. The van der Waals surface area contributed by atoms with Gasteiger partial charge in [0.2, 0.25) is 0 Å². The minimum absolute atomic E-state index is 0.137. The summed E-state index contributed by atoms with van der Waals surface area (Å²) in [6.07, 6.45) is 1.12. The van der Waals surface area contributed by atoms with E-state index in [0.29, 0.717) is 11.3 Å². The lowest BCUT2D eigenvalue weighted by Crippen LogP contribution is -2.34. The molecule has 0 aliphatic carbocycles. The summed E-state index contributed by atoms with van der Waals surface area (Å²) in [6, 6.07) is 1.43. The number of amides is 1. The average molecular weight is 331 g/mol. The fourth-order valence-corrected chi connectivity index (χ4v) is 1.94. The Labute approximate surface area is 121 Å². The number of halogens is 1. The summed E-state index contributed by atoms with van der Waals surface area (Å²) >= 11 is 3.29. The predicted molar refractivity (Wildman–Crippen MR) is 75.6 cm³/mol. The average Bonchev–Trinajstić information content (AvgIpc) is 2.25. The largest absolute Gasteiger partial charge is 0.444 e. The van der Waals surface area contributed by atoms with E-state index < -0.39 is 11.7 Å². The highest BCUT2D eigenvalue weighted by atomic mass is 79.9. The van der Waals surface area contributed by atoms with E-state index in [4.69, 9.17) is 4.74 Å². The van der Waals surface area contributed by atoms with Gasteiger partial charge in [-0.05, 0) is 49.7 Å². The van der Waals surface area contributed by atoms with Crippen LogP contribution in [0.25, 0.3) is 0 Å². The Morgan fingerprint density at radius 3 is 2.74 bits per heavy atom. The van der Waals surface area contributed by atoms with Crippen molar-refractivity contribution in [1.82, 2.24) is 10.3 Å². The lowest BCUT2D eigenvalue weighted by molar-refractivity contribution is 0.0506. The lowest BCUT2D eigenvalue weighted by Gasteiger charge is -2.22. The summed E-state index contributed by atoms with van der Waals surface area (Å²) < 4.78 is 5.96. The number of carbonyl (C=O) groups is 1. The van der Waals surface area contributed by atoms with Crippen molar-refractivity contribution in [2.45, 2.75) is 45.9 Å². The highest BCUT2D eigenvalue weighted by Crippen LogP contribution is 2.20. The number of rotatable bonds is 3. The molecule has 0 aliphatic heterocycles. The molecule has 1 rings (SSSR count). The molecule has 2 N–H and O–H groups in total. The van der Waals surface area contributed by atoms with Gasteiger partial charge in [0.05, 0.1) is 18.3 Å². The van der Waals surface area contributed by atoms with Crippen LogP contribution in [0.2, 0.25) is 0 Å². The molecule has 1 aromatic heterocycles. The van der Waals surface area contributed by atoms with Crippen LogP contribution in [0.1, 0.15) is 45.0 Å². The van der Waals surface area contributed by atoms with Crippen molar-refractivity contribution in [3.05, 3.63) is 28.0 Å². The third kappa shape index (κ3) is 5.16. The molecule has 1 atom stereocenters. The second-order valence-corrected chi connectivity index (χ2v) is 6.14. The maximum Gasteiger partial charge on any atom is 0.408 e. The van der Waals surface area contributed by atoms with E-state index in [1.54, 1.807) is 40.0 Å². The van der Waals surface area contributed by atoms with Crippen LogP contribution in [0.5, 0.6) is 0 Å². The van der Waals surface area contributed by atoms with Crippen LogP contribution in [0.15, 0.2) is 16.7 Å². The number of aliphatic hydroxyl groups excluding tert-OH is 1. The molecular formula is C13H19BrN2O3. The van der Waals surface area contributed by atoms with Gasteiger partial charge in [-0.25, -0.2) is 4.79 Å². The van der Waals surface area contributed by atoms with Gasteiger partial charge in [0.25, 0.3) is 0 Å². The summed E-state index contributed by atoms with van der Waals surface area (Å²) in [4.78, 5) is 15.9. The van der Waals surface area contributed by atoms with E-state index in [9.17, 15) is 9.90 Å². The Morgan fingerprint density at radius 1 is 1.58 bits per heavy atom. The Morgan fingerprint density at radius 2 is 2.21 bits per heavy atom. The van der Waals surface area contributed by atoms with Crippen molar-refractivity contribution >= 4 is 22.0 Å². The van der Waals surface area contributed by atoms with E-state index in [1.165, 1.54) is 0 Å². The topological polar surface area (TPSA) is 71.5 Å². The van der Waals surface area contributed by atoms with Crippen molar-refractivity contribution in [3.63, 3.8) is 0 Å². The number of alkyl carbamates (subject to hydrolysis) is 1. The summed E-state index contributed by atoms with van der Waals surface area (Å²) in [5, 5.41) is 12.0. The fraction of sp³-hybridized carbons (Fsp3) is 0.538. The van der Waals surface area contributed by atoms with E-state index in [-0.39, 0.29) is 12.6 Å². The zero-order valence-corrected chi connectivity index (χ0v) is 13.1. The molecule has 1 heterocycles. The van der Waals surface area contributed by atoms with Crippen LogP contribution in [0.3, 0.4) is 0 Å². The van der Waals surface area contributed by atoms with Gasteiger partial charge in [-0.3, -0.25) is 4.98 Å². The Balaban J connectivity index is 2.78. The van der Waals surface area contributed by atoms with Crippen LogP contribution < -0.4 is 5.32 Å². The number of aliphatic hydroxyl groups is 1. The number of nitrogens with one attached hydrogen (secondary N) is 1. The van der Waals surface area contributed by atoms with Crippen molar-refractivity contribution in [2.24, 2.45) is 0 Å². The van der Waals surface area contributed by atoms with E-state index in [1.807, 2.05) is 0 Å². The molecule has 1 aromatic rings. The molecule has 1 amide bonds. The molecule has 106 valence electrons. The van der Waals surface area contributed by atoms with Crippen molar-refractivity contribution in [3.8, 4) is 0 Å². The standard InChI is InChI=1S/C13H19BrN2O3/c1-8(16-12(18)19-13(2,3)4)11-9(7-17)5-10(14)6-15-11/h5-6,8,17H,7H2,1-4H3,(H,16,18)/t8-/m0/s1. The van der Waals surface area contributed by atoms with Gasteiger partial charge in [-0.15, -0.1) is 0 Å². The van der Waals surface area contributed by atoms with Gasteiger partial charge in [-0.1, -0.05) is 0 Å². The molecule has 0 spiro atoms. The first-order chi connectivity index (χ1) is 8.73. The van der Waals surface area contributed by atoms with Crippen LogP contribution in [-0.4, -0.2) is 21.8 Å². The summed E-state index contributed by atoms with van der Waals surface area (Å²) in [5.41, 5.74) is 0.742. The van der Waals surface area contributed by atoms with Gasteiger partial charge < -0.3 is 15.2 Å². The highest BCUT2D eigenvalue weighted by molar-refractivity contribution is 9.10. The van der Waals surface area contributed by atoms with Crippen LogP contribution in [0, 0.1) is 0 Å². The normalized spacial score (nSPS) is 12.9. The summed E-state index contributed by atoms with van der Waals surface area (Å²) in [6.45, 7) is 7.05. The maximum absolute atomic E-state index is 11.7. The molecule has 0 aromatic carbocycles. The second-order valence-electron chi connectivity index (χ2n) is 5.22. The Kier molecular flexibility index (Phi) is 5.31. The highest BCUT2D eigenvalue weighted by Gasteiger charge is 2.20. The monoisotopic (exact) mass is 330 g/mol. The zero-order valence-electron chi connectivity index (χ0n) is 11.5. The minimum Gasteiger partial charge on any atom is -0.444 e. The molecule has 0 fully saturated rings. The number of ether oxygens (including phenoxy) is 1. The van der Waals surface area contributed by atoms with Gasteiger partial charge in [0.15, 0.2) is 0 Å². The molecule has 6 heteroatoms. The quantitative estimate of drug-likeness (QED) is 0.893. The molecule has 0 saturated heterocycles. The molecule has 0 saturated carbocycles. The first-order valence-electron chi connectivity index (χ1n) is 5.97. The zero-order chi connectivity index (χ0) is 14.6. The Hall–Kier alpha value is -1.14. The molecule has 5 nitrogen and oxygen atoms in total. The smallest absolute Gasteiger partial charge is 0.408 e. The molecular weight excluding hydrogens is 312 g/mol. The molecule has 0 bridgehead atoms. The van der Waals surface area contributed by atoms with E-state index in [0.717, 1.165) is 4.47 Å². The van der Waals surface area contributed by atoms with Crippen LogP contribution in [-0.2, 0) is 11.3 Å². The fourth-order valence-electron chi connectivity index (χ4n) is 1.56. The Bertz CT molecular complexity index is 458. The number of pyridine rings is 1. The summed E-state index contributed by atoms with van der Waals surface area (Å²) in [7, 11) is 0. The maximum atomic E-state index is 11.7. The number of carbonyl (C=O) groups excluding carboxylic acids is 1. The second kappa shape index (κ2) is 6.34. The number of aromatic nitrogens is 1. The van der Waals surface area contributed by atoms with Crippen molar-refractivity contribution < 1.29 is 14.6 Å². The first-order valence-corrected chi connectivity index (χ1v) is 6.77. The molecule has 0 radical (unpaired) electrons. The lowest BCUT2D eigenvalue weighted by atomic mass is 10.1. The number of hydrogen-bond donors (Lipinski definition) is 2. The predicted octanol–water partition coefficient (Wildman–Crippen LogP) is 2.92. The van der Waals surface area contributed by atoms with Gasteiger partial charge in [0.1, 0.15) is 5.60 Å². The SMILES string of the molecule is C[C@H](NC(=O)OC(C)(C)C)c1ncc(Br)cc1CO. The third-order valence-electron chi connectivity index (χ3n) is 2.28. The van der Waals surface area contributed by atoms with Gasteiger partial charge in [0, 0.05) is 16.2 Å². The van der Waals surface area contributed by atoms with Crippen LogP contribution in [0.4, 0.5) is 4.79 Å². The van der Waals surface area contributed by atoms with E-state index >= 15 is 0 Å². The van der Waals surface area contributed by atoms with E-state index in [2.05, 4.69) is 26.2 Å². The first kappa shape index (κ1) is 15.9. The van der Waals surface area contributed by atoms with Crippen molar-refractivity contribution in [1.29, 1.82) is 0 Å². The van der Waals surface area contributed by atoms with Crippen molar-refractivity contribution in [2.75, 3.05) is 0 Å². The van der Waals surface area contributed by atoms with Gasteiger partial charge >= 0.3 is 6.09 Å². The molecule has 0 aliphatic rings. The van der Waals surface area contributed by atoms with Gasteiger partial charge in [-0.2, -0.15) is 0 Å². The number of nitrogens with zero attached hydrogens (tertiary/aromatic N) is 1.